The smallest absolute Gasteiger partial charge is 0.346 e. The Morgan fingerprint density at radius 2 is 2.04 bits per heavy atom. The van der Waals surface area contributed by atoms with Crippen LogP contribution in [0, 0.1) is 6.92 Å². The van der Waals surface area contributed by atoms with E-state index in [9.17, 15) is 14.1 Å². The predicted octanol–water partition coefficient (Wildman–Crippen LogP) is 1.72. The van der Waals surface area contributed by atoms with E-state index in [1.807, 2.05) is 0 Å². The quantitative estimate of drug-likeness (QED) is 0.454. The van der Waals surface area contributed by atoms with Crippen molar-refractivity contribution < 1.29 is 14.1 Å². The lowest BCUT2D eigenvalue weighted by molar-refractivity contribution is -0.144. The van der Waals surface area contributed by atoms with Crippen molar-refractivity contribution in [2.24, 2.45) is 0 Å². The molecule has 0 N–H and O–H groups in total. The summed E-state index contributed by atoms with van der Waals surface area (Å²) in [5.41, 5.74) is 0.997. The fraction of sp³-hybridized carbons (Fsp3) is 0.294. The van der Waals surface area contributed by atoms with Gasteiger partial charge in [0.15, 0.2) is 0 Å². The molecule has 0 aliphatic heterocycles. The first kappa shape index (κ1) is 19.4. The van der Waals surface area contributed by atoms with E-state index < -0.39 is 22.7 Å². The van der Waals surface area contributed by atoms with Gasteiger partial charge in [-0.25, -0.2) is 14.1 Å². The molecule has 0 amide bonds. The third-order valence-corrected chi connectivity index (χ3v) is 5.33. The van der Waals surface area contributed by atoms with Crippen molar-refractivity contribution >= 4 is 34.3 Å². The summed E-state index contributed by atoms with van der Waals surface area (Å²) in [7, 11) is 0. The summed E-state index contributed by atoms with van der Waals surface area (Å²) >= 11 is 4.29. The molecular weight excluding hydrogens is 392 g/mol. The maximum absolute atomic E-state index is 12.9. The van der Waals surface area contributed by atoms with Crippen molar-refractivity contribution in [3.05, 3.63) is 57.2 Å². The molecule has 1 unspecified atom stereocenters. The van der Waals surface area contributed by atoms with E-state index >= 15 is 0 Å². The number of aromatic nitrogens is 4. The number of halogens is 1. The minimum Gasteiger partial charge on any atom is -0.609 e. The molecule has 0 spiro atoms. The van der Waals surface area contributed by atoms with Crippen molar-refractivity contribution in [1.29, 1.82) is 0 Å². The van der Waals surface area contributed by atoms with Gasteiger partial charge in [0.2, 0.25) is 0 Å². The number of ether oxygens (including phenoxy) is 1. The summed E-state index contributed by atoms with van der Waals surface area (Å²) in [6, 6.07) is 6.96. The van der Waals surface area contributed by atoms with Gasteiger partial charge in [-0.15, -0.1) is 5.10 Å². The first-order chi connectivity index (χ1) is 12.9. The average Bonchev–Trinajstić information content (AvgIpc) is 3.01. The van der Waals surface area contributed by atoms with Crippen LogP contribution in [0.4, 0.5) is 0 Å². The molecule has 0 saturated carbocycles. The Labute approximate surface area is 162 Å². The fourth-order valence-corrected chi connectivity index (χ4v) is 3.85. The molecule has 3 aromatic rings. The van der Waals surface area contributed by atoms with Gasteiger partial charge in [0.25, 0.3) is 5.56 Å². The summed E-state index contributed by atoms with van der Waals surface area (Å²) in [6.07, 6.45) is 1.41. The molecule has 3 rings (SSSR count). The second-order valence-corrected chi connectivity index (χ2v) is 7.50. The molecule has 1 atom stereocenters. The molecule has 0 aliphatic carbocycles. The third-order valence-electron chi connectivity index (χ3n) is 3.80. The SMILES string of the molecule is CCOC(=O)Cn1nc([S+]([O-])Cc2ccc(Cl)cc2)n2cnc(C)c2c1=O. The van der Waals surface area contributed by atoms with Crippen molar-refractivity contribution in [3.8, 4) is 0 Å². The molecule has 0 bridgehead atoms. The summed E-state index contributed by atoms with van der Waals surface area (Å²) in [5.74, 6) is -0.420. The number of hydrogen-bond acceptors (Lipinski definition) is 6. The number of nitrogens with zero attached hydrogens (tertiary/aromatic N) is 4. The van der Waals surface area contributed by atoms with Crippen LogP contribution in [0.3, 0.4) is 0 Å². The van der Waals surface area contributed by atoms with Gasteiger partial charge in [-0.05, 0) is 26.0 Å². The highest BCUT2D eigenvalue weighted by Gasteiger charge is 2.24. The maximum Gasteiger partial charge on any atom is 0.346 e. The summed E-state index contributed by atoms with van der Waals surface area (Å²) in [4.78, 5) is 28.6. The van der Waals surface area contributed by atoms with Gasteiger partial charge in [-0.3, -0.25) is 9.59 Å². The molecule has 0 radical (unpaired) electrons. The molecule has 2 aromatic heterocycles. The molecule has 0 aliphatic rings. The van der Waals surface area contributed by atoms with Gasteiger partial charge < -0.3 is 9.29 Å². The van der Waals surface area contributed by atoms with Crippen molar-refractivity contribution in [1.82, 2.24) is 19.2 Å². The van der Waals surface area contributed by atoms with Gasteiger partial charge >= 0.3 is 11.1 Å². The van der Waals surface area contributed by atoms with Crippen LogP contribution in [0.5, 0.6) is 0 Å². The van der Waals surface area contributed by atoms with Gasteiger partial charge in [-0.2, -0.15) is 0 Å². The number of imidazole rings is 1. The van der Waals surface area contributed by atoms with Gasteiger partial charge in [0.05, 0.1) is 12.3 Å². The van der Waals surface area contributed by atoms with Gasteiger partial charge in [0.1, 0.15) is 24.1 Å². The van der Waals surface area contributed by atoms with Crippen molar-refractivity contribution in [3.63, 3.8) is 0 Å². The van der Waals surface area contributed by atoms with Gasteiger partial charge in [-0.1, -0.05) is 23.7 Å². The zero-order chi connectivity index (χ0) is 19.6. The number of fused-ring (bicyclic) bond motifs is 1. The maximum atomic E-state index is 12.9. The van der Waals surface area contributed by atoms with Crippen LogP contribution in [0.2, 0.25) is 5.02 Å². The Morgan fingerprint density at radius 1 is 1.33 bits per heavy atom. The van der Waals surface area contributed by atoms with Crippen molar-refractivity contribution in [2.75, 3.05) is 6.61 Å². The van der Waals surface area contributed by atoms with Crippen LogP contribution in [-0.2, 0) is 33.0 Å². The first-order valence-electron chi connectivity index (χ1n) is 8.14. The molecular formula is C17H17ClN4O4S. The highest BCUT2D eigenvalue weighted by Crippen LogP contribution is 2.18. The Bertz CT molecular complexity index is 1030. The normalized spacial score (nSPS) is 12.3. The molecule has 8 nitrogen and oxygen atoms in total. The fourth-order valence-electron chi connectivity index (χ4n) is 2.55. The van der Waals surface area contributed by atoms with E-state index in [2.05, 4.69) is 10.1 Å². The lowest BCUT2D eigenvalue weighted by Gasteiger charge is -2.13. The van der Waals surface area contributed by atoms with E-state index in [-0.39, 0.29) is 29.6 Å². The highest BCUT2D eigenvalue weighted by molar-refractivity contribution is 7.90. The van der Waals surface area contributed by atoms with Crippen LogP contribution >= 0.6 is 11.6 Å². The Hall–Kier alpha value is -2.36. The lowest BCUT2D eigenvalue weighted by Crippen LogP contribution is -2.32. The van der Waals surface area contributed by atoms with Crippen molar-refractivity contribution in [2.45, 2.75) is 31.3 Å². The Morgan fingerprint density at radius 3 is 2.70 bits per heavy atom. The number of esters is 1. The van der Waals surface area contributed by atoms with Crippen LogP contribution in [-0.4, -0.2) is 36.3 Å². The standard InChI is InChI=1S/C17H17ClN4O4S/c1-3-26-14(23)8-22-16(24)15-11(2)19-10-21(15)17(20-22)27(25)9-12-4-6-13(18)7-5-12/h4-7,10H,3,8-9H2,1-2H3. The topological polar surface area (TPSA) is 102 Å². The number of carbonyl (C=O) groups is 1. The second-order valence-electron chi connectivity index (χ2n) is 5.72. The molecule has 27 heavy (non-hydrogen) atoms. The van der Waals surface area contributed by atoms with Gasteiger partial charge in [0, 0.05) is 21.8 Å². The third kappa shape index (κ3) is 4.15. The average molecular weight is 409 g/mol. The number of benzene rings is 1. The zero-order valence-electron chi connectivity index (χ0n) is 14.7. The molecule has 10 heteroatoms. The predicted molar refractivity (Wildman–Crippen MR) is 100 cm³/mol. The van der Waals surface area contributed by atoms with E-state index in [0.29, 0.717) is 10.7 Å². The monoisotopic (exact) mass is 408 g/mol. The molecule has 0 saturated heterocycles. The summed E-state index contributed by atoms with van der Waals surface area (Å²) in [5, 5.41) is 4.86. The first-order valence-corrected chi connectivity index (χ1v) is 9.83. The number of rotatable bonds is 6. The molecule has 0 fully saturated rings. The van der Waals surface area contributed by atoms with Crippen LogP contribution in [0.25, 0.3) is 5.52 Å². The number of aryl methyl sites for hydroxylation is 1. The zero-order valence-corrected chi connectivity index (χ0v) is 16.3. The Balaban J connectivity index is 2.02. The lowest BCUT2D eigenvalue weighted by atomic mass is 10.2. The van der Waals surface area contributed by atoms with E-state index in [4.69, 9.17) is 16.3 Å². The molecule has 2 heterocycles. The second kappa shape index (κ2) is 8.12. The molecule has 142 valence electrons. The minimum atomic E-state index is -1.58. The van der Waals surface area contributed by atoms with Crippen LogP contribution in [0.1, 0.15) is 18.2 Å². The minimum absolute atomic E-state index is 0.129. The summed E-state index contributed by atoms with van der Waals surface area (Å²) < 4.78 is 20.2. The number of hydrogen-bond donors (Lipinski definition) is 0. The summed E-state index contributed by atoms with van der Waals surface area (Å²) in [6.45, 7) is 3.16. The van der Waals surface area contributed by atoms with E-state index in [0.717, 1.165) is 10.2 Å². The van der Waals surface area contributed by atoms with E-state index in [1.165, 1.54) is 10.7 Å². The van der Waals surface area contributed by atoms with E-state index in [1.54, 1.807) is 38.1 Å². The highest BCUT2D eigenvalue weighted by atomic mass is 35.5. The number of carbonyl (C=O) groups excluding carboxylic acids is 1. The van der Waals surface area contributed by atoms with Crippen LogP contribution in [0.15, 0.2) is 40.5 Å². The van der Waals surface area contributed by atoms with Crippen LogP contribution < -0.4 is 5.56 Å². The Kier molecular flexibility index (Phi) is 5.83. The molecule has 1 aromatic carbocycles. The largest absolute Gasteiger partial charge is 0.609 e.